The van der Waals surface area contributed by atoms with Crippen molar-refractivity contribution in [2.45, 2.75) is 0 Å². The van der Waals surface area contributed by atoms with E-state index in [0.717, 1.165) is 17.1 Å². The Morgan fingerprint density at radius 2 is 0.730 bits per heavy atom. The van der Waals surface area contributed by atoms with Gasteiger partial charge in [0, 0.05) is 54.7 Å². The van der Waals surface area contributed by atoms with E-state index in [1.165, 1.54) is 98.8 Å². The van der Waals surface area contributed by atoms with Crippen LogP contribution >= 0.6 is 0 Å². The van der Waals surface area contributed by atoms with E-state index in [9.17, 15) is 0 Å². The summed E-state index contributed by atoms with van der Waals surface area (Å²) in [4.78, 5) is 0. The minimum absolute atomic E-state index is 1.14. The molecule has 0 saturated heterocycles. The van der Waals surface area contributed by atoms with Crippen molar-refractivity contribution in [3.05, 3.63) is 237 Å². The van der Waals surface area contributed by atoms with Crippen molar-refractivity contribution < 1.29 is 0 Å². The molecule has 0 saturated carbocycles. The van der Waals surface area contributed by atoms with E-state index in [1.807, 2.05) is 0 Å². The minimum atomic E-state index is 1.14. The van der Waals surface area contributed by atoms with Gasteiger partial charge in [-0.15, -0.1) is 0 Å². The fourth-order valence-electron chi connectivity index (χ4n) is 10.4. The summed E-state index contributed by atoms with van der Waals surface area (Å²) in [7, 11) is 0. The van der Waals surface area contributed by atoms with E-state index in [4.69, 9.17) is 0 Å². The van der Waals surface area contributed by atoms with Crippen LogP contribution in [0.2, 0.25) is 0 Å². The summed E-state index contributed by atoms with van der Waals surface area (Å²) in [6, 6.07) is 86.4. The van der Waals surface area contributed by atoms with Crippen LogP contribution in [0, 0.1) is 0 Å². The van der Waals surface area contributed by atoms with Gasteiger partial charge in [0.1, 0.15) is 0 Å². The summed E-state index contributed by atoms with van der Waals surface area (Å²) in [5, 5.41) is 7.41. The highest BCUT2D eigenvalue weighted by Gasteiger charge is 2.24. The standard InChI is InChI=1S/C60H39N3/c1-3-19-40(20-4-1)42-23-17-24-43(39-42)61-53-33-13-8-28-47(53)50-37-38-57-58(60(50)61)51-29-11-16-36-56(51)62(57)54-34-14-9-26-45(54)48-30-18-31-49-46-27-10-15-35-55(46)63(59(48)49)52-32-12-7-25-44(52)41-21-5-2-6-22-41/h1-39H. The van der Waals surface area contributed by atoms with Gasteiger partial charge in [0.2, 0.25) is 0 Å². The van der Waals surface area contributed by atoms with Crippen molar-refractivity contribution in [1.29, 1.82) is 0 Å². The first-order valence-corrected chi connectivity index (χ1v) is 21.7. The molecule has 0 aliphatic carbocycles. The van der Waals surface area contributed by atoms with Gasteiger partial charge in [0.15, 0.2) is 0 Å². The Morgan fingerprint density at radius 3 is 1.46 bits per heavy atom. The lowest BCUT2D eigenvalue weighted by Gasteiger charge is -2.18. The zero-order chi connectivity index (χ0) is 41.4. The lowest BCUT2D eigenvalue weighted by atomic mass is 9.99. The van der Waals surface area contributed by atoms with Gasteiger partial charge >= 0.3 is 0 Å². The van der Waals surface area contributed by atoms with E-state index < -0.39 is 0 Å². The first-order chi connectivity index (χ1) is 31.3. The van der Waals surface area contributed by atoms with Crippen molar-refractivity contribution in [3.63, 3.8) is 0 Å². The predicted molar refractivity (Wildman–Crippen MR) is 266 cm³/mol. The molecule has 13 aromatic rings. The van der Waals surface area contributed by atoms with Gasteiger partial charge in [0.25, 0.3) is 0 Å². The summed E-state index contributed by atoms with van der Waals surface area (Å²) in [6.45, 7) is 0. The number of nitrogens with zero attached hydrogens (tertiary/aromatic N) is 3. The quantitative estimate of drug-likeness (QED) is 0.159. The van der Waals surface area contributed by atoms with Crippen molar-refractivity contribution in [2.24, 2.45) is 0 Å². The lowest BCUT2D eigenvalue weighted by molar-refractivity contribution is 1.17. The van der Waals surface area contributed by atoms with Crippen LogP contribution in [0.25, 0.3) is 116 Å². The van der Waals surface area contributed by atoms with Crippen LogP contribution in [0.5, 0.6) is 0 Å². The third-order valence-electron chi connectivity index (χ3n) is 13.0. The van der Waals surface area contributed by atoms with Crippen molar-refractivity contribution >= 4 is 65.4 Å². The fourth-order valence-corrected chi connectivity index (χ4v) is 10.4. The molecular weight excluding hydrogens is 763 g/mol. The van der Waals surface area contributed by atoms with Crippen LogP contribution in [-0.4, -0.2) is 13.7 Å². The SMILES string of the molecule is c1ccc(-c2cccc(-n3c4ccccc4c4ccc5c(c6ccccc6n5-c5ccccc5-c5cccc6c7ccccc7n(-c7ccccc7-c7ccccc7)c56)c43)c2)cc1. The average molecular weight is 802 g/mol. The maximum absolute atomic E-state index is 2.51. The monoisotopic (exact) mass is 801 g/mol. The van der Waals surface area contributed by atoms with Gasteiger partial charge < -0.3 is 13.7 Å². The number of para-hydroxylation sites is 6. The van der Waals surface area contributed by atoms with Crippen molar-refractivity contribution in [1.82, 2.24) is 13.7 Å². The molecule has 0 amide bonds. The summed E-state index contributed by atoms with van der Waals surface area (Å²) < 4.78 is 7.49. The first kappa shape index (κ1) is 35.4. The molecule has 3 aromatic heterocycles. The molecule has 0 atom stereocenters. The maximum Gasteiger partial charge on any atom is 0.0641 e. The van der Waals surface area contributed by atoms with Crippen molar-refractivity contribution in [2.75, 3.05) is 0 Å². The zero-order valence-electron chi connectivity index (χ0n) is 34.4. The second-order valence-electron chi connectivity index (χ2n) is 16.4. The van der Waals surface area contributed by atoms with E-state index >= 15 is 0 Å². The Hall–Kier alpha value is -8.40. The maximum atomic E-state index is 2.51. The highest BCUT2D eigenvalue weighted by atomic mass is 15.0. The van der Waals surface area contributed by atoms with Gasteiger partial charge in [0.05, 0.1) is 44.5 Å². The number of aromatic nitrogens is 3. The molecule has 0 bridgehead atoms. The third-order valence-corrected chi connectivity index (χ3v) is 13.0. The Labute approximate surface area is 364 Å². The van der Waals surface area contributed by atoms with Crippen LogP contribution in [0.15, 0.2) is 237 Å². The Morgan fingerprint density at radius 1 is 0.238 bits per heavy atom. The predicted octanol–water partition coefficient (Wildman–Crippen LogP) is 16.0. The highest BCUT2D eigenvalue weighted by molar-refractivity contribution is 6.26. The molecule has 63 heavy (non-hydrogen) atoms. The summed E-state index contributed by atoms with van der Waals surface area (Å²) in [6.07, 6.45) is 0. The normalized spacial score (nSPS) is 11.8. The fraction of sp³-hybridized carbons (Fsp3) is 0. The number of hydrogen-bond donors (Lipinski definition) is 0. The van der Waals surface area contributed by atoms with Gasteiger partial charge in [-0.25, -0.2) is 0 Å². The molecule has 13 rings (SSSR count). The summed E-state index contributed by atoms with van der Waals surface area (Å²) in [5.74, 6) is 0. The molecule has 3 nitrogen and oxygen atoms in total. The van der Waals surface area contributed by atoms with Gasteiger partial charge in [-0.2, -0.15) is 0 Å². The van der Waals surface area contributed by atoms with Gasteiger partial charge in [-0.05, 0) is 65.2 Å². The molecule has 0 radical (unpaired) electrons. The zero-order valence-corrected chi connectivity index (χ0v) is 34.4. The van der Waals surface area contributed by atoms with Crippen LogP contribution < -0.4 is 0 Å². The van der Waals surface area contributed by atoms with Crippen LogP contribution in [0.4, 0.5) is 0 Å². The molecule has 0 aliphatic heterocycles. The molecule has 3 heterocycles. The van der Waals surface area contributed by atoms with Gasteiger partial charge in [-0.3, -0.25) is 0 Å². The largest absolute Gasteiger partial charge is 0.309 e. The number of hydrogen-bond acceptors (Lipinski definition) is 0. The molecule has 0 spiro atoms. The Balaban J connectivity index is 1.11. The molecule has 0 unspecified atom stereocenters. The van der Waals surface area contributed by atoms with Gasteiger partial charge in [-0.1, -0.05) is 188 Å². The minimum Gasteiger partial charge on any atom is -0.309 e. The molecular formula is C60H39N3. The van der Waals surface area contributed by atoms with Crippen LogP contribution in [0.1, 0.15) is 0 Å². The van der Waals surface area contributed by atoms with Crippen LogP contribution in [0.3, 0.4) is 0 Å². The number of fused-ring (bicyclic) bond motifs is 10. The molecule has 294 valence electrons. The second-order valence-corrected chi connectivity index (χ2v) is 16.4. The second kappa shape index (κ2) is 14.1. The number of benzene rings is 10. The summed E-state index contributed by atoms with van der Waals surface area (Å²) >= 11 is 0. The Bertz CT molecular complexity index is 3900. The summed E-state index contributed by atoms with van der Waals surface area (Å²) in [5.41, 5.74) is 17.7. The smallest absolute Gasteiger partial charge is 0.0641 e. The number of rotatable bonds is 6. The molecule has 0 fully saturated rings. The first-order valence-electron chi connectivity index (χ1n) is 21.7. The Kier molecular flexibility index (Phi) is 7.91. The van der Waals surface area contributed by atoms with E-state index in [2.05, 4.69) is 250 Å². The molecule has 0 aliphatic rings. The molecule has 10 aromatic carbocycles. The van der Waals surface area contributed by atoms with E-state index in [1.54, 1.807) is 0 Å². The topological polar surface area (TPSA) is 14.8 Å². The van der Waals surface area contributed by atoms with Crippen LogP contribution in [-0.2, 0) is 0 Å². The lowest BCUT2D eigenvalue weighted by Crippen LogP contribution is -2.01. The van der Waals surface area contributed by atoms with Crippen molar-refractivity contribution in [3.8, 4) is 50.4 Å². The molecule has 3 heteroatoms. The molecule has 0 N–H and O–H groups in total. The van der Waals surface area contributed by atoms with E-state index in [0.29, 0.717) is 0 Å². The highest BCUT2D eigenvalue weighted by Crippen LogP contribution is 2.46. The third kappa shape index (κ3) is 5.33. The average Bonchev–Trinajstić information content (AvgIpc) is 4.00. The van der Waals surface area contributed by atoms with E-state index in [-0.39, 0.29) is 0 Å².